The van der Waals surface area contributed by atoms with Gasteiger partial charge in [0.05, 0.1) is 11.5 Å². The summed E-state index contributed by atoms with van der Waals surface area (Å²) in [6, 6.07) is 18.8. The van der Waals surface area contributed by atoms with Crippen molar-refractivity contribution >= 4 is 11.8 Å². The average molecular weight is 747 g/mol. The number of fused-ring (bicyclic) bond motifs is 7. The van der Waals surface area contributed by atoms with Gasteiger partial charge in [0.2, 0.25) is 5.91 Å². The van der Waals surface area contributed by atoms with Gasteiger partial charge in [-0.15, -0.1) is 0 Å². The largest absolute Gasteiger partial charge is 0.393 e. The lowest BCUT2D eigenvalue weighted by Gasteiger charge is -2.72. The molecule has 1 saturated heterocycles. The molecular weight excluding hydrogens is 677 g/mol. The summed E-state index contributed by atoms with van der Waals surface area (Å²) in [5.41, 5.74) is 4.79. The van der Waals surface area contributed by atoms with Crippen molar-refractivity contribution in [2.24, 2.45) is 56.7 Å². The molecule has 0 aromatic heterocycles. The number of nitrogens with one attached hydrogen (secondary N) is 1. The molecule has 2 N–H and O–H groups in total. The number of benzene rings is 2. The molecule has 5 aliphatic carbocycles. The number of aliphatic hydroxyl groups excluding tert-OH is 1. The van der Waals surface area contributed by atoms with E-state index in [-0.39, 0.29) is 45.0 Å². The molecule has 55 heavy (non-hydrogen) atoms. The van der Waals surface area contributed by atoms with E-state index >= 15 is 0 Å². The minimum absolute atomic E-state index is 0.0423. The van der Waals surface area contributed by atoms with Gasteiger partial charge >= 0.3 is 0 Å². The molecule has 0 spiro atoms. The highest BCUT2D eigenvalue weighted by molar-refractivity contribution is 5.94. The van der Waals surface area contributed by atoms with E-state index < -0.39 is 0 Å². The lowest BCUT2D eigenvalue weighted by atomic mass is 9.32. The highest BCUT2D eigenvalue weighted by Gasteiger charge is 2.71. The maximum atomic E-state index is 14.7. The Bertz CT molecular complexity index is 1780. The molecular formula is C50H70N2O3. The van der Waals surface area contributed by atoms with E-state index in [0.29, 0.717) is 42.1 Å². The maximum absolute atomic E-state index is 14.7. The predicted molar refractivity (Wildman–Crippen MR) is 222 cm³/mol. The Morgan fingerprint density at radius 2 is 1.55 bits per heavy atom. The highest BCUT2D eigenvalue weighted by Crippen LogP contribution is 2.77. The van der Waals surface area contributed by atoms with Gasteiger partial charge in [-0.2, -0.15) is 0 Å². The summed E-state index contributed by atoms with van der Waals surface area (Å²) in [5, 5.41) is 14.6. The number of hydrogen-bond donors (Lipinski definition) is 2. The van der Waals surface area contributed by atoms with Gasteiger partial charge in [-0.1, -0.05) is 89.2 Å². The number of likely N-dealkylation sites (tertiary alicyclic amines) is 1. The summed E-state index contributed by atoms with van der Waals surface area (Å²) in [6.45, 7) is 21.5. The van der Waals surface area contributed by atoms with Crippen molar-refractivity contribution in [1.29, 1.82) is 0 Å². The molecule has 4 unspecified atom stereocenters. The van der Waals surface area contributed by atoms with Crippen molar-refractivity contribution in [3.63, 3.8) is 0 Å². The van der Waals surface area contributed by atoms with E-state index in [9.17, 15) is 14.7 Å². The van der Waals surface area contributed by atoms with Gasteiger partial charge in [-0.05, 0) is 171 Å². The number of amides is 2. The zero-order valence-electron chi connectivity index (χ0n) is 35.0. The molecule has 2 amide bonds. The number of carbonyl (C=O) groups is 2. The fourth-order valence-corrected chi connectivity index (χ4v) is 15.2. The first-order chi connectivity index (χ1) is 26.2. The van der Waals surface area contributed by atoms with Gasteiger partial charge in [0.1, 0.15) is 0 Å². The van der Waals surface area contributed by atoms with Crippen LogP contribution in [0.4, 0.5) is 0 Å². The predicted octanol–water partition coefficient (Wildman–Crippen LogP) is 10.4. The molecule has 8 rings (SSSR count). The number of piperidine rings is 1. The Balaban J connectivity index is 0.950. The van der Waals surface area contributed by atoms with Crippen LogP contribution in [-0.2, 0) is 11.2 Å². The molecule has 2 aromatic rings. The van der Waals surface area contributed by atoms with Crippen LogP contribution >= 0.6 is 0 Å². The van der Waals surface area contributed by atoms with Crippen LogP contribution in [0.2, 0.25) is 0 Å². The topological polar surface area (TPSA) is 69.6 Å². The first kappa shape index (κ1) is 38.9. The summed E-state index contributed by atoms with van der Waals surface area (Å²) in [4.78, 5) is 30.4. The molecule has 6 aliphatic rings. The van der Waals surface area contributed by atoms with E-state index in [4.69, 9.17) is 0 Å². The Labute approximate surface area is 332 Å². The smallest absolute Gasteiger partial charge is 0.253 e. The number of rotatable bonds is 7. The Hall–Kier alpha value is -2.92. The number of hydrogen-bond acceptors (Lipinski definition) is 3. The molecule has 2 aromatic carbocycles. The van der Waals surface area contributed by atoms with Crippen molar-refractivity contribution in [2.75, 3.05) is 19.6 Å². The van der Waals surface area contributed by atoms with E-state index in [1.54, 1.807) is 0 Å². The number of nitrogens with zero attached hydrogens (tertiary/aromatic N) is 1. The second kappa shape index (κ2) is 14.2. The van der Waals surface area contributed by atoms with Crippen molar-refractivity contribution in [3.8, 4) is 0 Å². The number of allylic oxidation sites excluding steroid dienone is 1. The van der Waals surface area contributed by atoms with Crippen LogP contribution in [0.3, 0.4) is 0 Å². The molecule has 6 fully saturated rings. The molecule has 0 radical (unpaired) electrons. The van der Waals surface area contributed by atoms with Crippen LogP contribution in [0.15, 0.2) is 66.7 Å². The lowest BCUT2D eigenvalue weighted by Crippen LogP contribution is -2.67. The van der Waals surface area contributed by atoms with Gasteiger partial charge in [0, 0.05) is 25.2 Å². The van der Waals surface area contributed by atoms with Crippen LogP contribution in [0.1, 0.15) is 146 Å². The number of carbonyl (C=O) groups excluding carboxylic acids is 2. The maximum Gasteiger partial charge on any atom is 0.253 e. The standard InChI is InChI=1S/C50H70N2O3/c1-33(2)38-18-26-50(28-27-48(6)39(43(38)50)16-17-41-47(5)24-20-42(53)46(3,4)40(47)19-25-49(41,48)7)45(55)51-29-21-34-12-11-15-37(32-34)44(54)52-30-22-36(23-31-52)35-13-9-8-10-14-35/h8-15,32,36,38-43,53H,1,16-31H2,2-7H3,(H,51,55)/t38-,39?,40?,41?,42-,43?,47-,48+,49+,50-/m0/s1. The van der Waals surface area contributed by atoms with Gasteiger partial charge in [0.15, 0.2) is 0 Å². The van der Waals surface area contributed by atoms with Crippen molar-refractivity contribution < 1.29 is 14.7 Å². The molecule has 0 bridgehead atoms. The van der Waals surface area contributed by atoms with Crippen LogP contribution < -0.4 is 5.32 Å². The van der Waals surface area contributed by atoms with E-state index in [2.05, 4.69) is 95.9 Å². The Morgan fingerprint density at radius 1 is 0.800 bits per heavy atom. The third kappa shape index (κ3) is 6.10. The van der Waals surface area contributed by atoms with Crippen LogP contribution in [-0.4, -0.2) is 47.6 Å². The zero-order chi connectivity index (χ0) is 39.0. The molecule has 1 aliphatic heterocycles. The molecule has 5 heteroatoms. The second-order valence-electron chi connectivity index (χ2n) is 20.9. The van der Waals surface area contributed by atoms with Gasteiger partial charge in [0.25, 0.3) is 5.91 Å². The van der Waals surface area contributed by atoms with Crippen LogP contribution in [0.25, 0.3) is 0 Å². The SMILES string of the molecule is C=C(C)[C@@H]1CC[C@]2(C(=O)NCCc3cccc(C(=O)N4CCC(c5ccccc5)CC4)c3)CC[C@]3(C)C(CCC4[C@@]5(C)CC[C@H](O)C(C)(C)C5CC[C@]43C)C12. The third-order valence-electron chi connectivity index (χ3n) is 18.4. The summed E-state index contributed by atoms with van der Waals surface area (Å²) in [5.74, 6) is 3.36. The number of aliphatic hydroxyl groups is 1. The zero-order valence-corrected chi connectivity index (χ0v) is 35.0. The fourth-order valence-electron chi connectivity index (χ4n) is 15.2. The Morgan fingerprint density at radius 3 is 2.27 bits per heavy atom. The normalized spacial score (nSPS) is 39.6. The van der Waals surface area contributed by atoms with Crippen molar-refractivity contribution in [2.45, 2.75) is 137 Å². The summed E-state index contributed by atoms with van der Waals surface area (Å²) >= 11 is 0. The monoisotopic (exact) mass is 747 g/mol. The van der Waals surface area contributed by atoms with E-state index in [1.165, 1.54) is 36.8 Å². The van der Waals surface area contributed by atoms with Crippen LogP contribution in [0.5, 0.6) is 0 Å². The fraction of sp³-hybridized carbons (Fsp3) is 0.680. The first-order valence-corrected chi connectivity index (χ1v) is 22.2. The highest BCUT2D eigenvalue weighted by atomic mass is 16.3. The van der Waals surface area contributed by atoms with Crippen molar-refractivity contribution in [3.05, 3.63) is 83.4 Å². The van der Waals surface area contributed by atoms with Gasteiger partial charge in [-0.25, -0.2) is 0 Å². The van der Waals surface area contributed by atoms with E-state index in [0.717, 1.165) is 82.0 Å². The molecule has 298 valence electrons. The van der Waals surface area contributed by atoms with Gasteiger partial charge in [-0.3, -0.25) is 9.59 Å². The second-order valence-corrected chi connectivity index (χ2v) is 20.9. The molecule has 10 atom stereocenters. The van der Waals surface area contributed by atoms with Crippen molar-refractivity contribution in [1.82, 2.24) is 10.2 Å². The summed E-state index contributed by atoms with van der Waals surface area (Å²) in [7, 11) is 0. The lowest BCUT2D eigenvalue weighted by molar-refractivity contribution is -0.246. The minimum atomic E-state index is -0.335. The average Bonchev–Trinajstić information content (AvgIpc) is 3.58. The summed E-state index contributed by atoms with van der Waals surface area (Å²) < 4.78 is 0. The molecule has 1 heterocycles. The molecule has 5 saturated carbocycles. The minimum Gasteiger partial charge on any atom is -0.393 e. The Kier molecular flexibility index (Phi) is 10.0. The summed E-state index contributed by atoms with van der Waals surface area (Å²) in [6.07, 6.45) is 13.6. The first-order valence-electron chi connectivity index (χ1n) is 22.2. The van der Waals surface area contributed by atoms with Crippen LogP contribution in [0, 0.1) is 56.7 Å². The quantitative estimate of drug-likeness (QED) is 0.277. The molecule has 5 nitrogen and oxygen atoms in total. The van der Waals surface area contributed by atoms with Gasteiger partial charge < -0.3 is 15.3 Å². The third-order valence-corrected chi connectivity index (χ3v) is 18.4. The van der Waals surface area contributed by atoms with E-state index in [1.807, 2.05) is 17.0 Å².